The summed E-state index contributed by atoms with van der Waals surface area (Å²) in [5, 5.41) is 7.41. The van der Waals surface area contributed by atoms with Gasteiger partial charge in [-0.1, -0.05) is 31.0 Å². The highest BCUT2D eigenvalue weighted by atomic mass is 16.6. The van der Waals surface area contributed by atoms with Crippen LogP contribution in [0.3, 0.4) is 0 Å². The first kappa shape index (κ1) is 19.0. The van der Waals surface area contributed by atoms with Gasteiger partial charge in [-0.25, -0.2) is 4.79 Å². The number of carbonyl (C=O) groups is 1. The zero-order valence-corrected chi connectivity index (χ0v) is 15.5. The summed E-state index contributed by atoms with van der Waals surface area (Å²) in [6, 6.07) is 10.2. The first-order chi connectivity index (χ1) is 12.0. The number of nitrogens with zero attached hydrogens (tertiary/aromatic N) is 1. The van der Waals surface area contributed by atoms with Crippen molar-refractivity contribution in [3.8, 4) is 0 Å². The van der Waals surface area contributed by atoms with Crippen molar-refractivity contribution in [2.24, 2.45) is 0 Å². The maximum atomic E-state index is 11.5. The number of hydrogen-bond donors (Lipinski definition) is 2. The van der Waals surface area contributed by atoms with Crippen LogP contribution < -0.4 is 10.6 Å². The Morgan fingerprint density at radius 2 is 1.76 bits per heavy atom. The Morgan fingerprint density at radius 1 is 1.04 bits per heavy atom. The van der Waals surface area contributed by atoms with Crippen molar-refractivity contribution in [2.75, 3.05) is 18.4 Å². The first-order valence-electron chi connectivity index (χ1n) is 9.00. The third kappa shape index (κ3) is 6.99. The molecule has 2 N–H and O–H groups in total. The molecule has 0 radical (unpaired) electrons. The maximum Gasteiger partial charge on any atom is 0.407 e. The summed E-state index contributed by atoms with van der Waals surface area (Å²) < 4.78 is 5.20. The summed E-state index contributed by atoms with van der Waals surface area (Å²) in [6.45, 7) is 7.19. The van der Waals surface area contributed by atoms with Gasteiger partial charge < -0.3 is 15.4 Å². The molecule has 2 aromatic rings. The Morgan fingerprint density at radius 3 is 2.52 bits per heavy atom. The average Bonchev–Trinajstić information content (AvgIpc) is 2.55. The van der Waals surface area contributed by atoms with E-state index in [9.17, 15) is 4.79 Å². The fourth-order valence-corrected chi connectivity index (χ4v) is 2.58. The first-order valence-corrected chi connectivity index (χ1v) is 9.00. The molecular formula is C20H29N3O2. The monoisotopic (exact) mass is 343 g/mol. The predicted molar refractivity (Wildman–Crippen MR) is 103 cm³/mol. The van der Waals surface area contributed by atoms with Crippen LogP contribution in [-0.2, 0) is 4.74 Å². The number of carbonyl (C=O) groups excluding carboxylic acids is 1. The van der Waals surface area contributed by atoms with Crippen molar-refractivity contribution in [3.05, 3.63) is 36.5 Å². The van der Waals surface area contributed by atoms with Gasteiger partial charge in [0, 0.05) is 24.7 Å². The van der Waals surface area contributed by atoms with Gasteiger partial charge in [-0.05, 0) is 45.7 Å². The van der Waals surface area contributed by atoms with E-state index < -0.39 is 5.60 Å². The van der Waals surface area contributed by atoms with Crippen molar-refractivity contribution in [1.29, 1.82) is 0 Å². The number of ether oxygens (including phenoxy) is 1. The summed E-state index contributed by atoms with van der Waals surface area (Å²) in [5.41, 5.74) is 1.67. The van der Waals surface area contributed by atoms with Gasteiger partial charge in [-0.3, -0.25) is 4.98 Å². The number of nitrogens with one attached hydrogen (secondary N) is 2. The number of aromatic nitrogens is 1. The van der Waals surface area contributed by atoms with Gasteiger partial charge in [-0.2, -0.15) is 0 Å². The predicted octanol–water partition coefficient (Wildman–Crippen LogP) is 4.73. The van der Waals surface area contributed by atoms with Gasteiger partial charge in [-0.15, -0.1) is 0 Å². The molecule has 1 aromatic carbocycles. The minimum Gasteiger partial charge on any atom is -0.444 e. The molecule has 0 aliphatic carbocycles. The molecule has 1 aromatic heterocycles. The molecule has 1 amide bonds. The molecule has 0 unspecified atom stereocenters. The van der Waals surface area contributed by atoms with Gasteiger partial charge in [0.15, 0.2) is 0 Å². The number of pyridine rings is 1. The van der Waals surface area contributed by atoms with E-state index in [0.717, 1.165) is 48.8 Å². The normalized spacial score (nSPS) is 11.3. The molecule has 0 bridgehead atoms. The molecule has 0 saturated carbocycles. The highest BCUT2D eigenvalue weighted by Gasteiger charge is 2.15. The van der Waals surface area contributed by atoms with Crippen molar-refractivity contribution in [3.63, 3.8) is 0 Å². The van der Waals surface area contributed by atoms with Gasteiger partial charge >= 0.3 is 6.09 Å². The molecule has 0 aliphatic heterocycles. The average molecular weight is 343 g/mol. The minimum absolute atomic E-state index is 0.336. The standard InChI is InChI=1S/C20H29N3O2/c1-20(2,3)25-19(24)23-14-7-5-4-6-13-21-17-12-8-10-16-11-9-15-22-18(16)17/h8-12,15,21H,4-7,13-14H2,1-3H3,(H,23,24). The third-order valence-corrected chi connectivity index (χ3v) is 3.72. The quantitative estimate of drug-likeness (QED) is 0.680. The van der Waals surface area contributed by atoms with Crippen LogP contribution >= 0.6 is 0 Å². The van der Waals surface area contributed by atoms with Crippen molar-refractivity contribution < 1.29 is 9.53 Å². The SMILES string of the molecule is CC(C)(C)OC(=O)NCCCCCCNc1cccc2cccnc12. The summed E-state index contributed by atoms with van der Waals surface area (Å²) in [4.78, 5) is 16.0. The number of alkyl carbamates (subject to hydrolysis) is 1. The van der Waals surface area contributed by atoms with E-state index in [0.29, 0.717) is 6.54 Å². The fraction of sp³-hybridized carbons (Fsp3) is 0.500. The van der Waals surface area contributed by atoms with E-state index in [-0.39, 0.29) is 6.09 Å². The number of para-hydroxylation sites is 1. The summed E-state index contributed by atoms with van der Waals surface area (Å²) in [6.07, 6.45) is 5.76. The van der Waals surface area contributed by atoms with Crippen LogP contribution in [0.1, 0.15) is 46.5 Å². The van der Waals surface area contributed by atoms with E-state index in [2.05, 4.69) is 39.9 Å². The summed E-state index contributed by atoms with van der Waals surface area (Å²) >= 11 is 0. The Hall–Kier alpha value is -2.30. The van der Waals surface area contributed by atoms with Crippen LogP contribution in [0.2, 0.25) is 0 Å². The largest absolute Gasteiger partial charge is 0.444 e. The number of anilines is 1. The number of unbranched alkanes of at least 4 members (excludes halogenated alkanes) is 3. The van der Waals surface area contributed by atoms with Crippen LogP contribution in [0.4, 0.5) is 10.5 Å². The molecule has 0 spiro atoms. The molecule has 0 atom stereocenters. The molecule has 0 fully saturated rings. The molecular weight excluding hydrogens is 314 g/mol. The molecule has 25 heavy (non-hydrogen) atoms. The highest BCUT2D eigenvalue weighted by molar-refractivity contribution is 5.90. The van der Waals surface area contributed by atoms with E-state index in [1.165, 1.54) is 0 Å². The molecule has 5 nitrogen and oxygen atoms in total. The Balaban J connectivity index is 1.57. The number of fused-ring (bicyclic) bond motifs is 1. The van der Waals surface area contributed by atoms with Crippen LogP contribution in [0.15, 0.2) is 36.5 Å². The Kier molecular flexibility index (Phi) is 7.04. The van der Waals surface area contributed by atoms with E-state index in [1.807, 2.05) is 33.0 Å². The molecule has 136 valence electrons. The number of benzene rings is 1. The van der Waals surface area contributed by atoms with Crippen molar-refractivity contribution >= 4 is 22.7 Å². The maximum absolute atomic E-state index is 11.5. The minimum atomic E-state index is -0.438. The lowest BCUT2D eigenvalue weighted by molar-refractivity contribution is 0.0527. The zero-order chi connectivity index (χ0) is 18.1. The number of rotatable bonds is 8. The second kappa shape index (κ2) is 9.25. The van der Waals surface area contributed by atoms with E-state index in [1.54, 1.807) is 0 Å². The fourth-order valence-electron chi connectivity index (χ4n) is 2.58. The molecule has 0 saturated heterocycles. The van der Waals surface area contributed by atoms with Crippen molar-refractivity contribution in [1.82, 2.24) is 10.3 Å². The van der Waals surface area contributed by atoms with E-state index in [4.69, 9.17) is 4.74 Å². The highest BCUT2D eigenvalue weighted by Crippen LogP contribution is 2.20. The smallest absolute Gasteiger partial charge is 0.407 e. The van der Waals surface area contributed by atoms with Gasteiger partial charge in [0.25, 0.3) is 0 Å². The topological polar surface area (TPSA) is 63.2 Å². The summed E-state index contributed by atoms with van der Waals surface area (Å²) in [5.74, 6) is 0. The lowest BCUT2D eigenvalue weighted by Gasteiger charge is -2.19. The lowest BCUT2D eigenvalue weighted by atomic mass is 10.1. The summed E-state index contributed by atoms with van der Waals surface area (Å²) in [7, 11) is 0. The third-order valence-electron chi connectivity index (χ3n) is 3.72. The van der Waals surface area contributed by atoms with Crippen LogP contribution in [0.25, 0.3) is 10.9 Å². The van der Waals surface area contributed by atoms with Crippen molar-refractivity contribution in [2.45, 2.75) is 52.1 Å². The molecule has 2 rings (SSSR count). The molecule has 0 aliphatic rings. The zero-order valence-electron chi connectivity index (χ0n) is 15.5. The van der Waals surface area contributed by atoms with Crippen LogP contribution in [-0.4, -0.2) is 29.8 Å². The van der Waals surface area contributed by atoms with Crippen LogP contribution in [0.5, 0.6) is 0 Å². The number of hydrogen-bond acceptors (Lipinski definition) is 4. The van der Waals surface area contributed by atoms with Gasteiger partial charge in [0.05, 0.1) is 11.2 Å². The van der Waals surface area contributed by atoms with Gasteiger partial charge in [0.2, 0.25) is 0 Å². The Labute approximate surface area is 150 Å². The number of amides is 1. The Bertz CT molecular complexity index is 675. The van der Waals surface area contributed by atoms with Crippen LogP contribution in [0, 0.1) is 0 Å². The molecule has 5 heteroatoms. The second-order valence-electron chi connectivity index (χ2n) is 7.15. The lowest BCUT2D eigenvalue weighted by Crippen LogP contribution is -2.32. The van der Waals surface area contributed by atoms with E-state index >= 15 is 0 Å². The van der Waals surface area contributed by atoms with Gasteiger partial charge in [0.1, 0.15) is 5.60 Å². The second-order valence-corrected chi connectivity index (χ2v) is 7.15. The molecule has 1 heterocycles.